The highest BCUT2D eigenvalue weighted by molar-refractivity contribution is 5.90. The molecule has 5 N–H and O–H groups in total. The van der Waals surface area contributed by atoms with Crippen molar-refractivity contribution in [2.75, 3.05) is 6.54 Å². The lowest BCUT2D eigenvalue weighted by molar-refractivity contribution is -0.130. The summed E-state index contributed by atoms with van der Waals surface area (Å²) in [7, 11) is 0. The molecule has 3 aromatic rings. The highest BCUT2D eigenvalue weighted by Gasteiger charge is 2.25. The van der Waals surface area contributed by atoms with E-state index >= 15 is 0 Å². The minimum absolute atomic E-state index is 0.169. The van der Waals surface area contributed by atoms with Gasteiger partial charge in [0.1, 0.15) is 6.04 Å². The topological polar surface area (TPSA) is 100 Å². The Labute approximate surface area is 183 Å². The third kappa shape index (κ3) is 6.43. The van der Waals surface area contributed by atoms with Crippen LogP contribution in [0.3, 0.4) is 0 Å². The molecule has 0 aliphatic rings. The van der Waals surface area contributed by atoms with Crippen LogP contribution in [0.1, 0.15) is 31.4 Å². The summed E-state index contributed by atoms with van der Waals surface area (Å²) in [5.74, 6) is -0.221. The number of fused-ring (bicyclic) bond motifs is 1. The number of hydrogen-bond donors (Lipinski definition) is 4. The Balaban J connectivity index is 1.56. The van der Waals surface area contributed by atoms with Crippen LogP contribution in [0.5, 0.6) is 0 Å². The predicted molar refractivity (Wildman–Crippen MR) is 125 cm³/mol. The summed E-state index contributed by atoms with van der Waals surface area (Å²) in [5, 5.41) is 6.88. The quantitative estimate of drug-likeness (QED) is 0.406. The first-order valence-electron chi connectivity index (χ1n) is 10.9. The van der Waals surface area contributed by atoms with Gasteiger partial charge in [0.2, 0.25) is 11.8 Å². The van der Waals surface area contributed by atoms with Crippen molar-refractivity contribution in [3.63, 3.8) is 0 Å². The summed E-state index contributed by atoms with van der Waals surface area (Å²) in [6, 6.07) is 16.6. The van der Waals surface area contributed by atoms with Gasteiger partial charge < -0.3 is 21.4 Å². The van der Waals surface area contributed by atoms with Crippen molar-refractivity contribution in [1.29, 1.82) is 0 Å². The Bertz CT molecular complexity index is 997. The molecule has 2 atom stereocenters. The fourth-order valence-electron chi connectivity index (χ4n) is 3.71. The summed E-state index contributed by atoms with van der Waals surface area (Å²) in [6.45, 7) is 4.58. The number of amides is 2. The van der Waals surface area contributed by atoms with Crippen molar-refractivity contribution < 1.29 is 9.59 Å². The number of aromatic nitrogens is 1. The number of para-hydroxylation sites is 1. The number of nitrogens with one attached hydrogen (secondary N) is 3. The normalized spacial score (nSPS) is 13.2. The predicted octanol–water partition coefficient (Wildman–Crippen LogP) is 2.93. The first-order chi connectivity index (χ1) is 14.9. The van der Waals surface area contributed by atoms with Gasteiger partial charge in [-0.2, -0.15) is 0 Å². The smallest absolute Gasteiger partial charge is 0.242 e. The molecule has 0 spiro atoms. The molecule has 0 radical (unpaired) electrons. The van der Waals surface area contributed by atoms with Crippen LogP contribution in [0.25, 0.3) is 10.9 Å². The maximum Gasteiger partial charge on any atom is 0.242 e. The molecule has 0 saturated carbocycles. The summed E-state index contributed by atoms with van der Waals surface area (Å²) in [5.41, 5.74) is 9.36. The van der Waals surface area contributed by atoms with Crippen LogP contribution < -0.4 is 16.4 Å². The molecule has 6 nitrogen and oxygen atoms in total. The van der Waals surface area contributed by atoms with E-state index in [0.29, 0.717) is 19.4 Å². The zero-order chi connectivity index (χ0) is 22.2. The molecule has 0 aliphatic heterocycles. The molecule has 0 saturated heterocycles. The van der Waals surface area contributed by atoms with Gasteiger partial charge in [0, 0.05) is 23.6 Å². The Hall–Kier alpha value is -3.12. The minimum Gasteiger partial charge on any atom is -0.361 e. The number of carbonyl (C=O) groups excluding carboxylic acids is 2. The zero-order valence-electron chi connectivity index (χ0n) is 18.2. The number of carbonyl (C=O) groups is 2. The lowest BCUT2D eigenvalue weighted by Crippen LogP contribution is -2.52. The average molecular weight is 421 g/mol. The number of aromatic amines is 1. The van der Waals surface area contributed by atoms with Crippen molar-refractivity contribution in [2.45, 2.75) is 45.2 Å². The Morgan fingerprint density at radius 3 is 2.45 bits per heavy atom. The monoisotopic (exact) mass is 420 g/mol. The van der Waals surface area contributed by atoms with Crippen molar-refractivity contribution in [1.82, 2.24) is 15.6 Å². The SMILES string of the molecule is CC(C)C[C@H](NC(=O)[C@@H](N)Cc1c[nH]c2ccccc12)C(=O)NCCc1ccccc1. The lowest BCUT2D eigenvalue weighted by Gasteiger charge is -2.22. The maximum absolute atomic E-state index is 12.8. The fourth-order valence-corrected chi connectivity index (χ4v) is 3.71. The number of benzene rings is 2. The molecule has 164 valence electrons. The van der Waals surface area contributed by atoms with Crippen molar-refractivity contribution >= 4 is 22.7 Å². The van der Waals surface area contributed by atoms with Gasteiger partial charge in [-0.15, -0.1) is 0 Å². The molecule has 31 heavy (non-hydrogen) atoms. The number of nitrogens with two attached hydrogens (primary N) is 1. The zero-order valence-corrected chi connectivity index (χ0v) is 18.2. The minimum atomic E-state index is -0.731. The van der Waals surface area contributed by atoms with Gasteiger partial charge in [-0.25, -0.2) is 0 Å². The molecule has 2 amide bonds. The highest BCUT2D eigenvalue weighted by Crippen LogP contribution is 2.19. The van der Waals surface area contributed by atoms with Gasteiger partial charge in [0.25, 0.3) is 0 Å². The summed E-state index contributed by atoms with van der Waals surface area (Å²) >= 11 is 0. The van der Waals surface area contributed by atoms with Gasteiger partial charge >= 0.3 is 0 Å². The lowest BCUT2D eigenvalue weighted by atomic mass is 10.0. The molecule has 0 unspecified atom stereocenters. The third-order valence-corrected chi connectivity index (χ3v) is 5.35. The average Bonchev–Trinajstić information content (AvgIpc) is 3.16. The van der Waals surface area contributed by atoms with Crippen LogP contribution in [0.4, 0.5) is 0 Å². The molecule has 3 rings (SSSR count). The second-order valence-electron chi connectivity index (χ2n) is 8.39. The third-order valence-electron chi connectivity index (χ3n) is 5.35. The van der Waals surface area contributed by atoms with E-state index < -0.39 is 12.1 Å². The van der Waals surface area contributed by atoms with Crippen LogP contribution in [0.2, 0.25) is 0 Å². The standard InChI is InChI=1S/C25H32N4O2/c1-17(2)14-23(25(31)27-13-12-18-8-4-3-5-9-18)29-24(30)21(26)15-19-16-28-22-11-7-6-10-20(19)22/h3-11,16-17,21,23,28H,12-15,26H2,1-2H3,(H,27,31)(H,29,30)/t21-,23-/m0/s1. The van der Waals surface area contributed by atoms with Crippen LogP contribution in [0, 0.1) is 5.92 Å². The number of hydrogen-bond acceptors (Lipinski definition) is 3. The van der Waals surface area contributed by atoms with E-state index in [2.05, 4.69) is 15.6 Å². The molecule has 0 aliphatic carbocycles. The van der Waals surface area contributed by atoms with Crippen LogP contribution in [0.15, 0.2) is 60.8 Å². The molecule has 1 heterocycles. The molecule has 0 fully saturated rings. The van der Waals surface area contributed by atoms with E-state index in [1.807, 2.05) is 74.6 Å². The second kappa shape index (κ2) is 10.8. The largest absolute Gasteiger partial charge is 0.361 e. The highest BCUT2D eigenvalue weighted by atomic mass is 16.2. The van der Waals surface area contributed by atoms with Gasteiger partial charge in [-0.1, -0.05) is 62.4 Å². The van der Waals surface area contributed by atoms with Crippen molar-refractivity contribution in [3.05, 3.63) is 71.9 Å². The van der Waals surface area contributed by atoms with Gasteiger partial charge in [0.05, 0.1) is 6.04 Å². The van der Waals surface area contributed by atoms with Crippen LogP contribution >= 0.6 is 0 Å². The van der Waals surface area contributed by atoms with Gasteiger partial charge in [-0.05, 0) is 42.4 Å². The van der Waals surface area contributed by atoms with Gasteiger partial charge in [-0.3, -0.25) is 9.59 Å². The molecule has 1 aromatic heterocycles. The van der Waals surface area contributed by atoms with Crippen molar-refractivity contribution in [2.24, 2.45) is 11.7 Å². The molecule has 0 bridgehead atoms. The van der Waals surface area contributed by atoms with E-state index in [4.69, 9.17) is 5.73 Å². The van der Waals surface area contributed by atoms with Crippen molar-refractivity contribution in [3.8, 4) is 0 Å². The summed E-state index contributed by atoms with van der Waals surface area (Å²) < 4.78 is 0. The first kappa shape index (κ1) is 22.6. The Morgan fingerprint density at radius 2 is 1.71 bits per heavy atom. The fraction of sp³-hybridized carbons (Fsp3) is 0.360. The summed E-state index contributed by atoms with van der Waals surface area (Å²) in [6.07, 6.45) is 3.59. The Kier molecular flexibility index (Phi) is 7.84. The number of H-pyrrole nitrogens is 1. The number of rotatable bonds is 10. The first-order valence-corrected chi connectivity index (χ1v) is 10.9. The van der Waals surface area contributed by atoms with Crippen LogP contribution in [-0.4, -0.2) is 35.4 Å². The molecular weight excluding hydrogens is 388 g/mol. The second-order valence-corrected chi connectivity index (χ2v) is 8.39. The van der Waals surface area contributed by atoms with E-state index in [9.17, 15) is 9.59 Å². The van der Waals surface area contributed by atoms with E-state index in [1.54, 1.807) is 0 Å². The molecule has 2 aromatic carbocycles. The molecule has 6 heteroatoms. The van der Waals surface area contributed by atoms with E-state index in [0.717, 1.165) is 28.5 Å². The van der Waals surface area contributed by atoms with E-state index in [1.165, 1.54) is 0 Å². The van der Waals surface area contributed by atoms with E-state index in [-0.39, 0.29) is 17.7 Å². The maximum atomic E-state index is 12.8. The summed E-state index contributed by atoms with van der Waals surface area (Å²) in [4.78, 5) is 28.7. The van der Waals surface area contributed by atoms with Gasteiger partial charge in [0.15, 0.2) is 0 Å². The molecular formula is C25H32N4O2. The Morgan fingerprint density at radius 1 is 1.00 bits per heavy atom. The van der Waals surface area contributed by atoms with Crippen LogP contribution in [-0.2, 0) is 22.4 Å².